The number of piperazine rings is 1. The van der Waals surface area contributed by atoms with Crippen LogP contribution < -0.4 is 10.1 Å². The van der Waals surface area contributed by atoms with Crippen LogP contribution >= 0.6 is 11.8 Å². The molecular weight excluding hydrogens is 711 g/mol. The Morgan fingerprint density at radius 3 is 2.47 bits per heavy atom. The standard InChI is InChI=1S/C35H42F2N10O5S/c1-53-25-3-4-29(52-35(36)37)26(19-25)32-28(40-34(50)27-20-39-47-8-2-7-38-33(27)47)21-46(41-32)23-31(49)44-9-5-24(6-10-44)43-13-11-42(12-14-43)22-30(48)45-15-17-51-18-16-45/h2-4,7-8,19-21,24,35H,5-6,9-18,22-23H2,1H3,(H,40,50). The van der Waals surface area contributed by atoms with Crippen molar-refractivity contribution >= 4 is 40.8 Å². The van der Waals surface area contributed by atoms with Crippen molar-refractivity contribution in [1.82, 2.24) is 44.0 Å². The predicted molar refractivity (Wildman–Crippen MR) is 192 cm³/mol. The Bertz CT molecular complexity index is 1920. The lowest BCUT2D eigenvalue weighted by atomic mass is 10.0. The van der Waals surface area contributed by atoms with Gasteiger partial charge in [0, 0.05) is 87.4 Å². The molecule has 18 heteroatoms. The zero-order valence-corrected chi connectivity index (χ0v) is 30.2. The van der Waals surface area contributed by atoms with E-state index in [0.29, 0.717) is 57.6 Å². The number of likely N-dealkylation sites (tertiary alicyclic amines) is 1. The number of aromatic nitrogens is 5. The van der Waals surface area contributed by atoms with E-state index in [-0.39, 0.29) is 46.6 Å². The van der Waals surface area contributed by atoms with Gasteiger partial charge in [-0.2, -0.15) is 19.0 Å². The number of ether oxygens (including phenoxy) is 2. The maximum absolute atomic E-state index is 13.6. The third-order valence-corrected chi connectivity index (χ3v) is 10.7. The first-order valence-corrected chi connectivity index (χ1v) is 18.9. The topological polar surface area (TPSA) is 143 Å². The zero-order valence-electron chi connectivity index (χ0n) is 29.4. The van der Waals surface area contributed by atoms with Gasteiger partial charge in [0.15, 0.2) is 5.65 Å². The minimum atomic E-state index is -3.09. The Hall–Kier alpha value is -4.65. The lowest BCUT2D eigenvalue weighted by Gasteiger charge is -2.43. The minimum Gasteiger partial charge on any atom is -0.434 e. The Morgan fingerprint density at radius 1 is 1.00 bits per heavy atom. The summed E-state index contributed by atoms with van der Waals surface area (Å²) in [6, 6.07) is 6.79. The van der Waals surface area contributed by atoms with Crippen LogP contribution in [0.25, 0.3) is 16.9 Å². The Labute approximate surface area is 309 Å². The molecule has 15 nitrogen and oxygen atoms in total. The number of nitrogens with zero attached hydrogens (tertiary/aromatic N) is 9. The van der Waals surface area contributed by atoms with Gasteiger partial charge in [-0.1, -0.05) is 0 Å². The number of halogens is 2. The van der Waals surface area contributed by atoms with Crippen LogP contribution in [0.4, 0.5) is 14.5 Å². The Morgan fingerprint density at radius 2 is 1.74 bits per heavy atom. The van der Waals surface area contributed by atoms with Crippen molar-refractivity contribution in [3.8, 4) is 17.0 Å². The number of piperidine rings is 1. The van der Waals surface area contributed by atoms with Crippen molar-refractivity contribution in [1.29, 1.82) is 0 Å². The highest BCUT2D eigenvalue weighted by Gasteiger charge is 2.31. The number of hydrogen-bond acceptors (Lipinski definition) is 11. The molecule has 6 heterocycles. The number of alkyl halides is 2. The van der Waals surface area contributed by atoms with Gasteiger partial charge < -0.3 is 24.6 Å². The molecule has 3 aromatic heterocycles. The first-order valence-electron chi connectivity index (χ1n) is 17.7. The number of rotatable bonds is 11. The van der Waals surface area contributed by atoms with Crippen LogP contribution in [0.1, 0.15) is 23.2 Å². The lowest BCUT2D eigenvalue weighted by Crippen LogP contribution is -2.55. The molecule has 0 saturated carbocycles. The predicted octanol–water partition coefficient (Wildman–Crippen LogP) is 2.64. The van der Waals surface area contributed by atoms with Crippen LogP contribution in [0.15, 0.2) is 53.9 Å². The lowest BCUT2D eigenvalue weighted by molar-refractivity contribution is -0.137. The number of thioether (sulfide) groups is 1. The summed E-state index contributed by atoms with van der Waals surface area (Å²) in [5.74, 6) is -0.633. The molecule has 7 rings (SSSR count). The number of morpholine rings is 1. The molecule has 1 N–H and O–H groups in total. The number of amides is 3. The first-order chi connectivity index (χ1) is 25.7. The van der Waals surface area contributed by atoms with Crippen molar-refractivity contribution in [3.05, 3.63) is 54.6 Å². The van der Waals surface area contributed by atoms with E-state index >= 15 is 0 Å². The number of benzene rings is 1. The molecule has 0 aliphatic carbocycles. The molecule has 3 aliphatic rings. The summed E-state index contributed by atoms with van der Waals surface area (Å²) in [6.45, 7) is 4.30. The van der Waals surface area contributed by atoms with E-state index in [1.807, 2.05) is 16.1 Å². The van der Waals surface area contributed by atoms with Crippen molar-refractivity contribution in [3.63, 3.8) is 0 Å². The second-order valence-electron chi connectivity index (χ2n) is 13.1. The van der Waals surface area contributed by atoms with Gasteiger partial charge in [0.25, 0.3) is 5.91 Å². The number of fused-ring (bicyclic) bond motifs is 1. The van der Waals surface area contributed by atoms with Gasteiger partial charge in [0.1, 0.15) is 23.6 Å². The monoisotopic (exact) mass is 752 g/mol. The molecule has 0 radical (unpaired) electrons. The summed E-state index contributed by atoms with van der Waals surface area (Å²) in [5.41, 5.74) is 1.16. The van der Waals surface area contributed by atoms with Gasteiger partial charge in [0.05, 0.1) is 31.6 Å². The highest BCUT2D eigenvalue weighted by atomic mass is 32.2. The summed E-state index contributed by atoms with van der Waals surface area (Å²) in [4.78, 5) is 53.3. The maximum Gasteiger partial charge on any atom is 0.387 e. The molecule has 0 unspecified atom stereocenters. The van der Waals surface area contributed by atoms with Gasteiger partial charge >= 0.3 is 6.61 Å². The van der Waals surface area contributed by atoms with Crippen molar-refractivity contribution in [2.75, 3.05) is 83.7 Å². The molecule has 3 amide bonds. The second kappa shape index (κ2) is 16.6. The molecule has 0 bridgehead atoms. The molecule has 4 aromatic rings. The molecule has 1 aromatic carbocycles. The van der Waals surface area contributed by atoms with E-state index in [1.54, 1.807) is 30.6 Å². The van der Waals surface area contributed by atoms with E-state index in [1.165, 1.54) is 39.4 Å². The largest absolute Gasteiger partial charge is 0.434 e. The molecule has 282 valence electrons. The number of hydrogen-bond donors (Lipinski definition) is 1. The van der Waals surface area contributed by atoms with Crippen LogP contribution in [0.2, 0.25) is 0 Å². The van der Waals surface area contributed by atoms with Crippen LogP contribution in [-0.2, 0) is 20.9 Å². The summed E-state index contributed by atoms with van der Waals surface area (Å²) in [5, 5.41) is 11.7. The van der Waals surface area contributed by atoms with Crippen molar-refractivity contribution < 1.29 is 32.6 Å². The van der Waals surface area contributed by atoms with E-state index < -0.39 is 12.5 Å². The van der Waals surface area contributed by atoms with E-state index in [9.17, 15) is 23.2 Å². The van der Waals surface area contributed by atoms with Gasteiger partial charge in [-0.3, -0.25) is 28.9 Å². The molecule has 3 fully saturated rings. The van der Waals surface area contributed by atoms with Crippen LogP contribution in [0.3, 0.4) is 0 Å². The van der Waals surface area contributed by atoms with Crippen molar-refractivity contribution in [2.45, 2.75) is 36.9 Å². The first kappa shape index (κ1) is 36.7. The van der Waals surface area contributed by atoms with Gasteiger partial charge in [-0.25, -0.2) is 9.50 Å². The number of anilines is 1. The van der Waals surface area contributed by atoms with E-state index in [2.05, 4.69) is 30.3 Å². The number of carbonyl (C=O) groups excluding carboxylic acids is 3. The van der Waals surface area contributed by atoms with Crippen LogP contribution in [-0.4, -0.2) is 153 Å². The normalized spacial score (nSPS) is 17.8. The SMILES string of the molecule is CSc1ccc(OC(F)F)c(-c2nn(CC(=O)N3CCC(N4CCN(CC(=O)N5CCOCC5)CC4)CC3)cc2NC(=O)c2cnn3cccnc23)c1. The highest BCUT2D eigenvalue weighted by Crippen LogP contribution is 2.38. The molecule has 0 atom stereocenters. The fraction of sp³-hybridized carbons (Fsp3) is 0.486. The van der Waals surface area contributed by atoms with E-state index in [4.69, 9.17) is 9.47 Å². The van der Waals surface area contributed by atoms with Gasteiger partial charge in [-0.05, 0) is 43.4 Å². The summed E-state index contributed by atoms with van der Waals surface area (Å²) < 4.78 is 40.1. The smallest absolute Gasteiger partial charge is 0.387 e. The van der Waals surface area contributed by atoms with Crippen molar-refractivity contribution in [2.24, 2.45) is 0 Å². The second-order valence-corrected chi connectivity index (χ2v) is 14.0. The number of carbonyl (C=O) groups is 3. The van der Waals surface area contributed by atoms with Gasteiger partial charge in [0.2, 0.25) is 11.8 Å². The van der Waals surface area contributed by atoms with Crippen LogP contribution in [0, 0.1) is 0 Å². The summed E-state index contributed by atoms with van der Waals surface area (Å²) in [6.07, 6.45) is 9.63. The van der Waals surface area contributed by atoms with Crippen LogP contribution in [0.5, 0.6) is 5.75 Å². The highest BCUT2D eigenvalue weighted by molar-refractivity contribution is 7.98. The Balaban J connectivity index is 1.01. The van der Waals surface area contributed by atoms with E-state index in [0.717, 1.165) is 43.9 Å². The third-order valence-electron chi connectivity index (χ3n) is 9.95. The molecular formula is C35H42F2N10O5S. The number of nitrogens with one attached hydrogen (secondary N) is 1. The minimum absolute atomic E-state index is 0.116. The fourth-order valence-electron chi connectivity index (χ4n) is 7.10. The Kier molecular flexibility index (Phi) is 11.5. The molecule has 3 saturated heterocycles. The zero-order chi connectivity index (χ0) is 36.9. The maximum atomic E-state index is 13.6. The third kappa shape index (κ3) is 8.61. The molecule has 0 spiro atoms. The van der Waals surface area contributed by atoms with Gasteiger partial charge in [-0.15, -0.1) is 11.8 Å². The average Bonchev–Trinajstić information content (AvgIpc) is 3.79. The molecule has 3 aliphatic heterocycles. The average molecular weight is 753 g/mol. The molecule has 53 heavy (non-hydrogen) atoms. The quantitative estimate of drug-likeness (QED) is 0.226. The summed E-state index contributed by atoms with van der Waals surface area (Å²) >= 11 is 1.41. The summed E-state index contributed by atoms with van der Waals surface area (Å²) in [7, 11) is 0. The fourth-order valence-corrected chi connectivity index (χ4v) is 7.54.